The van der Waals surface area contributed by atoms with Crippen LogP contribution in [0.3, 0.4) is 0 Å². The van der Waals surface area contributed by atoms with E-state index < -0.39 is 17.8 Å². The quantitative estimate of drug-likeness (QED) is 0.505. The molecule has 0 aliphatic carbocycles. The molecule has 0 unspecified atom stereocenters. The van der Waals surface area contributed by atoms with E-state index in [9.17, 15) is 27.9 Å². The van der Waals surface area contributed by atoms with Gasteiger partial charge in [-0.3, -0.25) is 14.3 Å². The van der Waals surface area contributed by atoms with Gasteiger partial charge < -0.3 is 20.1 Å². The Morgan fingerprint density at radius 1 is 1.28 bits per heavy atom. The van der Waals surface area contributed by atoms with Crippen molar-refractivity contribution in [2.24, 2.45) is 0 Å². The number of carbonyl (C=O) groups excluding carboxylic acids is 2. The summed E-state index contributed by atoms with van der Waals surface area (Å²) in [4.78, 5) is 31.3. The Bertz CT molecular complexity index is 1260. The fraction of sp³-hybridized carbons (Fsp3) is 0.391. The van der Waals surface area contributed by atoms with E-state index in [1.807, 2.05) is 0 Å². The topological polar surface area (TPSA) is 110 Å². The van der Waals surface area contributed by atoms with Crippen LogP contribution in [0.15, 0.2) is 29.6 Å². The number of nitrogens with one attached hydrogen (secondary N) is 1. The van der Waals surface area contributed by atoms with Crippen molar-refractivity contribution in [3.05, 3.63) is 51.6 Å². The maximum absolute atomic E-state index is 12.9. The number of para-hydroxylation sites is 1. The molecule has 1 fully saturated rings. The minimum absolute atomic E-state index is 0.0606. The number of aromatic hydroxyl groups is 1. The molecule has 0 spiro atoms. The van der Waals surface area contributed by atoms with Crippen LogP contribution in [0.5, 0.6) is 11.5 Å². The van der Waals surface area contributed by atoms with Crippen molar-refractivity contribution in [1.82, 2.24) is 19.7 Å². The Labute approximate surface area is 208 Å². The van der Waals surface area contributed by atoms with Crippen LogP contribution in [0.2, 0.25) is 0 Å². The van der Waals surface area contributed by atoms with E-state index in [2.05, 4.69) is 15.4 Å². The number of amides is 2. The van der Waals surface area contributed by atoms with Crippen molar-refractivity contribution in [1.29, 1.82) is 0 Å². The number of carbonyl (C=O) groups is 2. The van der Waals surface area contributed by atoms with E-state index >= 15 is 0 Å². The highest BCUT2D eigenvalue weighted by molar-refractivity contribution is 7.10. The Morgan fingerprint density at radius 2 is 2.00 bits per heavy atom. The SMILES string of the molecule is COc1cccc(C(=O)Nc2csc(C3CCN(C(=O)Cn4nc(C(F)(F)F)cc4C)CC3)n2)c1O. The van der Waals surface area contributed by atoms with Crippen molar-refractivity contribution in [2.45, 2.75) is 38.4 Å². The fourth-order valence-corrected chi connectivity index (χ4v) is 4.92. The largest absolute Gasteiger partial charge is 0.504 e. The predicted octanol–water partition coefficient (Wildman–Crippen LogP) is 4.04. The molecule has 3 heterocycles. The number of aromatic nitrogens is 3. The summed E-state index contributed by atoms with van der Waals surface area (Å²) in [5.41, 5.74) is -0.685. The predicted molar refractivity (Wildman–Crippen MR) is 125 cm³/mol. The average molecular weight is 524 g/mol. The highest BCUT2D eigenvalue weighted by Gasteiger charge is 2.35. The number of halogens is 3. The molecule has 0 atom stereocenters. The highest BCUT2D eigenvalue weighted by atomic mass is 32.1. The third-order valence-electron chi connectivity index (χ3n) is 5.98. The van der Waals surface area contributed by atoms with Crippen LogP contribution in [-0.4, -0.2) is 56.8 Å². The number of methoxy groups -OCH3 is 1. The first-order chi connectivity index (χ1) is 17.1. The van der Waals surface area contributed by atoms with Crippen LogP contribution < -0.4 is 10.1 Å². The average Bonchev–Trinajstić information content (AvgIpc) is 3.46. The number of nitrogens with zero attached hydrogens (tertiary/aromatic N) is 4. The number of hydrogen-bond acceptors (Lipinski definition) is 7. The minimum Gasteiger partial charge on any atom is -0.504 e. The van der Waals surface area contributed by atoms with Gasteiger partial charge in [0.05, 0.1) is 17.7 Å². The van der Waals surface area contributed by atoms with Gasteiger partial charge in [0.1, 0.15) is 12.4 Å². The molecule has 0 bridgehead atoms. The third kappa shape index (κ3) is 5.45. The molecule has 1 aromatic carbocycles. The Balaban J connectivity index is 1.32. The molecule has 1 aliphatic rings. The molecule has 36 heavy (non-hydrogen) atoms. The summed E-state index contributed by atoms with van der Waals surface area (Å²) in [6, 6.07) is 5.54. The zero-order valence-corrected chi connectivity index (χ0v) is 20.3. The molecule has 1 aliphatic heterocycles. The van der Waals surface area contributed by atoms with E-state index in [0.717, 1.165) is 15.8 Å². The van der Waals surface area contributed by atoms with Crippen LogP contribution in [-0.2, 0) is 17.5 Å². The molecular formula is C23H24F3N5O4S. The lowest BCUT2D eigenvalue weighted by atomic mass is 9.97. The van der Waals surface area contributed by atoms with Crippen molar-refractivity contribution in [3.63, 3.8) is 0 Å². The van der Waals surface area contributed by atoms with Crippen molar-refractivity contribution in [2.75, 3.05) is 25.5 Å². The van der Waals surface area contributed by atoms with Crippen LogP contribution in [0.25, 0.3) is 0 Å². The van der Waals surface area contributed by atoms with Crippen molar-refractivity contribution in [3.8, 4) is 11.5 Å². The standard InChI is InChI=1S/C23H24F3N5O4S/c1-13-10-17(23(24,25)26)29-31(13)11-19(32)30-8-6-14(7-9-30)22-28-18(12-36-22)27-21(34)15-4-3-5-16(35-2)20(15)33/h3-5,10,12,14,33H,6-9,11H2,1-2H3,(H,27,34). The molecule has 2 aromatic heterocycles. The molecular weight excluding hydrogens is 499 g/mol. The second kappa shape index (κ2) is 10.2. The van der Waals surface area contributed by atoms with Crippen molar-refractivity contribution < 1.29 is 32.6 Å². The lowest BCUT2D eigenvalue weighted by Crippen LogP contribution is -2.40. The monoisotopic (exact) mass is 523 g/mol. The number of phenols is 1. The molecule has 9 nitrogen and oxygen atoms in total. The first kappa shape index (κ1) is 25.5. The maximum atomic E-state index is 12.9. The molecule has 0 radical (unpaired) electrons. The van der Waals surface area contributed by atoms with Gasteiger partial charge in [-0.25, -0.2) is 4.98 Å². The number of rotatable bonds is 6. The summed E-state index contributed by atoms with van der Waals surface area (Å²) in [7, 11) is 1.39. The van der Waals surface area contributed by atoms with Crippen LogP contribution >= 0.6 is 11.3 Å². The smallest absolute Gasteiger partial charge is 0.435 e. The second-order valence-corrected chi connectivity index (χ2v) is 9.25. The van der Waals surface area contributed by atoms with E-state index in [1.165, 1.54) is 31.4 Å². The summed E-state index contributed by atoms with van der Waals surface area (Å²) in [6.45, 7) is 2.11. The lowest BCUT2D eigenvalue weighted by Gasteiger charge is -2.31. The van der Waals surface area contributed by atoms with Gasteiger partial charge in [0.25, 0.3) is 5.91 Å². The first-order valence-electron chi connectivity index (χ1n) is 11.1. The highest BCUT2D eigenvalue weighted by Crippen LogP contribution is 2.33. The molecule has 3 aromatic rings. The van der Waals surface area contributed by atoms with Gasteiger partial charge in [-0.05, 0) is 38.0 Å². The van der Waals surface area contributed by atoms with Crippen LogP contribution in [0.4, 0.5) is 19.0 Å². The Morgan fingerprint density at radius 3 is 2.64 bits per heavy atom. The van der Waals surface area contributed by atoms with Gasteiger partial charge in [-0.15, -0.1) is 11.3 Å². The first-order valence-corrected chi connectivity index (χ1v) is 12.0. The number of aryl methyl sites for hydroxylation is 1. The number of phenolic OH excluding ortho intramolecular Hbond substituents is 1. The van der Waals surface area contributed by atoms with Crippen LogP contribution in [0, 0.1) is 6.92 Å². The fourth-order valence-electron chi connectivity index (χ4n) is 4.00. The maximum Gasteiger partial charge on any atom is 0.435 e. The Kier molecular flexibility index (Phi) is 7.20. The summed E-state index contributed by atoms with van der Waals surface area (Å²) in [6.07, 6.45) is -3.29. The molecule has 2 N–H and O–H groups in total. The zero-order chi connectivity index (χ0) is 26.0. The number of thiazole rings is 1. The van der Waals surface area contributed by atoms with E-state index in [4.69, 9.17) is 4.74 Å². The van der Waals surface area contributed by atoms with Gasteiger partial charge >= 0.3 is 6.18 Å². The summed E-state index contributed by atoms with van der Waals surface area (Å²) < 4.78 is 44.7. The van der Waals surface area contributed by atoms with E-state index in [0.29, 0.717) is 31.7 Å². The number of alkyl halides is 3. The van der Waals surface area contributed by atoms with Gasteiger partial charge in [0.15, 0.2) is 17.2 Å². The second-order valence-electron chi connectivity index (χ2n) is 8.36. The Hall–Kier alpha value is -3.61. The number of ether oxygens (including phenoxy) is 1. The lowest BCUT2D eigenvalue weighted by molar-refractivity contribution is -0.142. The number of likely N-dealkylation sites (tertiary alicyclic amines) is 1. The zero-order valence-electron chi connectivity index (χ0n) is 19.5. The summed E-state index contributed by atoms with van der Waals surface area (Å²) in [5, 5.41) is 18.9. The van der Waals surface area contributed by atoms with Gasteiger partial charge in [0, 0.05) is 30.1 Å². The number of piperidine rings is 1. The molecule has 13 heteroatoms. The third-order valence-corrected chi connectivity index (χ3v) is 6.99. The van der Waals surface area contributed by atoms with E-state index in [1.54, 1.807) is 22.4 Å². The normalized spacial score (nSPS) is 14.6. The van der Waals surface area contributed by atoms with E-state index in [-0.39, 0.29) is 41.1 Å². The molecule has 1 saturated heterocycles. The molecule has 192 valence electrons. The van der Waals surface area contributed by atoms with Gasteiger partial charge in [0.2, 0.25) is 5.91 Å². The number of hydrogen-bond donors (Lipinski definition) is 2. The van der Waals surface area contributed by atoms with Crippen molar-refractivity contribution >= 4 is 29.0 Å². The van der Waals surface area contributed by atoms with Crippen LogP contribution in [0.1, 0.15) is 45.5 Å². The molecule has 4 rings (SSSR count). The number of benzene rings is 1. The van der Waals surface area contributed by atoms with Gasteiger partial charge in [-0.1, -0.05) is 6.07 Å². The summed E-state index contributed by atoms with van der Waals surface area (Å²) >= 11 is 1.39. The summed E-state index contributed by atoms with van der Waals surface area (Å²) in [5.74, 6) is -0.449. The van der Waals surface area contributed by atoms with Gasteiger partial charge in [-0.2, -0.15) is 18.3 Å². The number of anilines is 1. The minimum atomic E-state index is -4.56. The molecule has 2 amide bonds. The molecule has 0 saturated carbocycles.